The number of benzene rings is 2. The lowest BCUT2D eigenvalue weighted by Crippen LogP contribution is -2.36. The number of carbonyl (C=O) groups excluding carboxylic acids is 1. The van der Waals surface area contributed by atoms with Crippen LogP contribution in [0.5, 0.6) is 17.2 Å². The second-order valence-electron chi connectivity index (χ2n) is 7.36. The van der Waals surface area contributed by atoms with Crippen LogP contribution in [0.4, 0.5) is 5.69 Å². The fourth-order valence-electron chi connectivity index (χ4n) is 3.70. The molecule has 172 valence electrons. The van der Waals surface area contributed by atoms with Crippen LogP contribution in [0.1, 0.15) is 30.9 Å². The van der Waals surface area contributed by atoms with Crippen molar-refractivity contribution in [3.05, 3.63) is 47.5 Å². The maximum Gasteiger partial charge on any atom is 0.227 e. The second kappa shape index (κ2) is 11.3. The SMILES string of the molecule is CCNC(=NCc1ccc(N2CCCC2=O)cc1)NCc1ccc(OC)c(OC)c1OC. The number of rotatable bonds is 9. The summed E-state index contributed by atoms with van der Waals surface area (Å²) in [5.41, 5.74) is 2.95. The van der Waals surface area contributed by atoms with E-state index in [1.165, 1.54) is 0 Å². The van der Waals surface area contributed by atoms with E-state index in [-0.39, 0.29) is 5.91 Å². The van der Waals surface area contributed by atoms with Crippen molar-refractivity contribution in [2.75, 3.05) is 39.3 Å². The van der Waals surface area contributed by atoms with Crippen LogP contribution >= 0.6 is 0 Å². The molecular formula is C24H32N4O4. The van der Waals surface area contributed by atoms with Crippen LogP contribution in [0.15, 0.2) is 41.4 Å². The molecule has 2 N–H and O–H groups in total. The van der Waals surface area contributed by atoms with Gasteiger partial charge in [-0.25, -0.2) is 4.99 Å². The van der Waals surface area contributed by atoms with Gasteiger partial charge in [-0.15, -0.1) is 0 Å². The molecule has 8 nitrogen and oxygen atoms in total. The zero-order valence-electron chi connectivity index (χ0n) is 19.2. The van der Waals surface area contributed by atoms with Crippen molar-refractivity contribution in [1.29, 1.82) is 0 Å². The number of anilines is 1. The van der Waals surface area contributed by atoms with Gasteiger partial charge in [0.05, 0.1) is 27.9 Å². The number of guanidine groups is 1. The van der Waals surface area contributed by atoms with Gasteiger partial charge in [0.2, 0.25) is 11.7 Å². The van der Waals surface area contributed by atoms with Crippen LogP contribution in [-0.4, -0.2) is 46.3 Å². The molecule has 1 heterocycles. The van der Waals surface area contributed by atoms with Crippen molar-refractivity contribution in [3.8, 4) is 17.2 Å². The van der Waals surface area contributed by atoms with E-state index in [2.05, 4.69) is 15.6 Å². The second-order valence-corrected chi connectivity index (χ2v) is 7.36. The molecule has 0 atom stereocenters. The first kappa shape index (κ1) is 23.2. The Labute approximate surface area is 189 Å². The van der Waals surface area contributed by atoms with Gasteiger partial charge in [-0.1, -0.05) is 12.1 Å². The van der Waals surface area contributed by atoms with Crippen molar-refractivity contribution < 1.29 is 19.0 Å². The predicted molar refractivity (Wildman–Crippen MR) is 126 cm³/mol. The number of nitrogens with zero attached hydrogens (tertiary/aromatic N) is 2. The number of methoxy groups -OCH3 is 3. The van der Waals surface area contributed by atoms with Crippen molar-refractivity contribution >= 4 is 17.6 Å². The van der Waals surface area contributed by atoms with Crippen molar-refractivity contribution in [3.63, 3.8) is 0 Å². The smallest absolute Gasteiger partial charge is 0.227 e. The van der Waals surface area contributed by atoms with E-state index >= 15 is 0 Å². The summed E-state index contributed by atoms with van der Waals surface area (Å²) >= 11 is 0. The van der Waals surface area contributed by atoms with Crippen LogP contribution in [0.25, 0.3) is 0 Å². The minimum absolute atomic E-state index is 0.194. The first-order chi connectivity index (χ1) is 15.6. The van der Waals surface area contributed by atoms with Crippen LogP contribution < -0.4 is 29.7 Å². The Kier molecular flexibility index (Phi) is 8.19. The highest BCUT2D eigenvalue weighted by Gasteiger charge is 2.21. The van der Waals surface area contributed by atoms with E-state index in [0.29, 0.717) is 42.7 Å². The number of aliphatic imine (C=N–C) groups is 1. The zero-order chi connectivity index (χ0) is 22.9. The molecule has 1 aliphatic heterocycles. The summed E-state index contributed by atoms with van der Waals surface area (Å²) in [5, 5.41) is 6.61. The van der Waals surface area contributed by atoms with E-state index in [1.54, 1.807) is 21.3 Å². The van der Waals surface area contributed by atoms with E-state index in [1.807, 2.05) is 48.2 Å². The topological polar surface area (TPSA) is 84.4 Å². The molecule has 0 aromatic heterocycles. The molecular weight excluding hydrogens is 408 g/mol. The molecule has 1 saturated heterocycles. The molecule has 1 fully saturated rings. The Hall–Kier alpha value is -3.42. The quantitative estimate of drug-likeness (QED) is 0.461. The fourth-order valence-corrected chi connectivity index (χ4v) is 3.70. The summed E-state index contributed by atoms with van der Waals surface area (Å²) < 4.78 is 16.4. The molecule has 2 aromatic carbocycles. The third-order valence-electron chi connectivity index (χ3n) is 5.32. The average molecular weight is 441 g/mol. The normalized spacial score (nSPS) is 13.8. The molecule has 8 heteroatoms. The number of hydrogen-bond acceptors (Lipinski definition) is 5. The summed E-state index contributed by atoms with van der Waals surface area (Å²) in [6, 6.07) is 11.8. The number of hydrogen-bond donors (Lipinski definition) is 2. The van der Waals surface area contributed by atoms with Crippen LogP contribution in [0.2, 0.25) is 0 Å². The number of ether oxygens (including phenoxy) is 3. The fraction of sp³-hybridized carbons (Fsp3) is 0.417. The Morgan fingerprint density at radius 2 is 1.75 bits per heavy atom. The predicted octanol–water partition coefficient (Wildman–Crippen LogP) is 3.09. The molecule has 1 aliphatic rings. The maximum atomic E-state index is 11.9. The summed E-state index contributed by atoms with van der Waals surface area (Å²) in [5.74, 6) is 2.70. The van der Waals surface area contributed by atoms with Gasteiger partial charge in [0.25, 0.3) is 0 Å². The van der Waals surface area contributed by atoms with Gasteiger partial charge in [0.1, 0.15) is 0 Å². The van der Waals surface area contributed by atoms with Crippen LogP contribution in [0.3, 0.4) is 0 Å². The Morgan fingerprint density at radius 3 is 2.34 bits per heavy atom. The van der Waals surface area contributed by atoms with Crippen molar-refractivity contribution in [1.82, 2.24) is 10.6 Å². The van der Waals surface area contributed by atoms with Crippen molar-refractivity contribution in [2.24, 2.45) is 4.99 Å². The summed E-state index contributed by atoms with van der Waals surface area (Å²) in [6.45, 7) is 4.59. The standard InChI is InChI=1S/C24H32N4O4/c1-5-25-24(27-16-18-10-13-20(30-2)23(32-4)22(18)31-3)26-15-17-8-11-19(12-9-17)28-14-6-7-21(28)29/h8-13H,5-7,14-16H2,1-4H3,(H2,25,26,27). The van der Waals surface area contributed by atoms with E-state index in [4.69, 9.17) is 14.2 Å². The van der Waals surface area contributed by atoms with Gasteiger partial charge in [0.15, 0.2) is 17.5 Å². The Morgan fingerprint density at radius 1 is 1.00 bits per heavy atom. The highest BCUT2D eigenvalue weighted by molar-refractivity contribution is 5.95. The minimum atomic E-state index is 0.194. The Bertz CT molecular complexity index is 944. The monoisotopic (exact) mass is 440 g/mol. The molecule has 0 saturated carbocycles. The summed E-state index contributed by atoms with van der Waals surface area (Å²) in [4.78, 5) is 18.5. The third kappa shape index (κ3) is 5.43. The van der Waals surface area contributed by atoms with Gasteiger partial charge in [-0.05, 0) is 43.2 Å². The molecule has 0 aliphatic carbocycles. The Balaban J connectivity index is 1.67. The average Bonchev–Trinajstić information content (AvgIpc) is 3.26. The van der Waals surface area contributed by atoms with Gasteiger partial charge < -0.3 is 29.7 Å². The minimum Gasteiger partial charge on any atom is -0.493 e. The lowest BCUT2D eigenvalue weighted by molar-refractivity contribution is -0.117. The molecule has 0 radical (unpaired) electrons. The number of amides is 1. The molecule has 0 unspecified atom stereocenters. The first-order valence-electron chi connectivity index (χ1n) is 10.8. The summed E-state index contributed by atoms with van der Waals surface area (Å²) in [6.07, 6.45) is 1.56. The lowest BCUT2D eigenvalue weighted by Gasteiger charge is -2.17. The van der Waals surface area contributed by atoms with Gasteiger partial charge >= 0.3 is 0 Å². The molecule has 3 rings (SSSR count). The van der Waals surface area contributed by atoms with E-state index in [9.17, 15) is 4.79 Å². The van der Waals surface area contributed by atoms with Crippen molar-refractivity contribution in [2.45, 2.75) is 32.9 Å². The number of carbonyl (C=O) groups is 1. The zero-order valence-corrected chi connectivity index (χ0v) is 19.2. The third-order valence-corrected chi connectivity index (χ3v) is 5.32. The van der Waals surface area contributed by atoms with Crippen LogP contribution in [0, 0.1) is 0 Å². The first-order valence-corrected chi connectivity index (χ1v) is 10.8. The van der Waals surface area contributed by atoms with Gasteiger partial charge in [-0.3, -0.25) is 4.79 Å². The molecule has 2 aromatic rings. The highest BCUT2D eigenvalue weighted by atomic mass is 16.5. The van der Waals surface area contributed by atoms with Crippen LogP contribution in [-0.2, 0) is 17.9 Å². The van der Waals surface area contributed by atoms with Gasteiger partial charge in [0, 0.05) is 37.3 Å². The largest absolute Gasteiger partial charge is 0.493 e. The lowest BCUT2D eigenvalue weighted by atomic mass is 10.1. The summed E-state index contributed by atoms with van der Waals surface area (Å²) in [7, 11) is 4.80. The maximum absolute atomic E-state index is 11.9. The van der Waals surface area contributed by atoms with E-state index in [0.717, 1.165) is 36.3 Å². The molecule has 0 bridgehead atoms. The van der Waals surface area contributed by atoms with E-state index < -0.39 is 0 Å². The highest BCUT2D eigenvalue weighted by Crippen LogP contribution is 2.39. The molecule has 32 heavy (non-hydrogen) atoms. The van der Waals surface area contributed by atoms with Gasteiger partial charge in [-0.2, -0.15) is 0 Å². The number of nitrogens with one attached hydrogen (secondary N) is 2. The molecule has 1 amide bonds. The molecule has 0 spiro atoms.